The van der Waals surface area contributed by atoms with Gasteiger partial charge in [-0.3, -0.25) is 4.98 Å². The van der Waals surface area contributed by atoms with Crippen LogP contribution in [-0.4, -0.2) is 38.1 Å². The molecule has 0 aliphatic carbocycles. The highest BCUT2D eigenvalue weighted by molar-refractivity contribution is 5.62. The average Bonchev–Trinajstić information content (AvgIpc) is 3.26. The van der Waals surface area contributed by atoms with Gasteiger partial charge in [-0.2, -0.15) is 18.0 Å². The molecule has 2 aromatic carbocycles. The van der Waals surface area contributed by atoms with Gasteiger partial charge in [0.25, 0.3) is 5.95 Å². The molecule has 0 saturated carbocycles. The van der Waals surface area contributed by atoms with Crippen molar-refractivity contribution in [3.8, 4) is 5.75 Å². The van der Waals surface area contributed by atoms with E-state index in [4.69, 9.17) is 0 Å². The fraction of sp³-hybridized carbons (Fsp3) is 0.357. The van der Waals surface area contributed by atoms with Crippen LogP contribution in [0.25, 0.3) is 0 Å². The van der Waals surface area contributed by atoms with Crippen LogP contribution in [0.4, 0.5) is 38.0 Å². The maximum Gasteiger partial charge on any atom is 0.573 e. The standard InChI is InChI=1S/C28H27F6N7O/c1-18-13-22-24(7-4-12-40(16-19-8-10-35-11-9-19)25(22)15-23(18)27(29,30)31)41(26-36-38-39(2)37-26)17-20-5-3-6-21(14-20)42-28(32,33)34/h3,5-6,8-11,13-15,24H,4,7,12,16-17H2,1-2H3. The number of pyridine rings is 1. The van der Waals surface area contributed by atoms with Crippen LogP contribution in [0.2, 0.25) is 0 Å². The van der Waals surface area contributed by atoms with E-state index in [0.717, 1.165) is 5.56 Å². The van der Waals surface area contributed by atoms with E-state index in [1.165, 1.54) is 36.0 Å². The quantitative estimate of drug-likeness (QED) is 0.231. The summed E-state index contributed by atoms with van der Waals surface area (Å²) in [5.74, 6) is -0.196. The Labute approximate surface area is 237 Å². The van der Waals surface area contributed by atoms with E-state index in [-0.39, 0.29) is 23.8 Å². The summed E-state index contributed by atoms with van der Waals surface area (Å²) in [6.07, 6.45) is -5.04. The number of fused-ring (bicyclic) bond motifs is 1. The molecule has 4 aromatic rings. The van der Waals surface area contributed by atoms with Gasteiger partial charge in [0, 0.05) is 37.7 Å². The molecule has 0 saturated heterocycles. The third-order valence-electron chi connectivity index (χ3n) is 7.02. The number of benzene rings is 2. The predicted molar refractivity (Wildman–Crippen MR) is 142 cm³/mol. The Morgan fingerprint density at radius 3 is 2.43 bits per heavy atom. The summed E-state index contributed by atoms with van der Waals surface area (Å²) in [6, 6.07) is 11.4. The zero-order valence-corrected chi connectivity index (χ0v) is 22.7. The number of tetrazole rings is 1. The highest BCUT2D eigenvalue weighted by atomic mass is 19.4. The smallest absolute Gasteiger partial charge is 0.406 e. The number of aryl methyl sites for hydroxylation is 2. The Balaban J connectivity index is 1.60. The Morgan fingerprint density at radius 2 is 1.76 bits per heavy atom. The fourth-order valence-electron chi connectivity index (χ4n) is 5.26. The topological polar surface area (TPSA) is 72.2 Å². The van der Waals surface area contributed by atoms with E-state index in [9.17, 15) is 26.3 Å². The van der Waals surface area contributed by atoms with Crippen LogP contribution in [0.15, 0.2) is 60.9 Å². The van der Waals surface area contributed by atoms with Crippen LogP contribution in [0.5, 0.6) is 5.75 Å². The molecule has 8 nitrogen and oxygen atoms in total. The summed E-state index contributed by atoms with van der Waals surface area (Å²) in [5, 5.41) is 12.4. The molecule has 1 unspecified atom stereocenters. The van der Waals surface area contributed by atoms with Gasteiger partial charge in [-0.1, -0.05) is 23.3 Å². The van der Waals surface area contributed by atoms with Crippen LogP contribution >= 0.6 is 0 Å². The monoisotopic (exact) mass is 591 g/mol. The van der Waals surface area contributed by atoms with Crippen molar-refractivity contribution in [2.75, 3.05) is 16.3 Å². The van der Waals surface area contributed by atoms with Crippen molar-refractivity contribution in [2.24, 2.45) is 7.05 Å². The van der Waals surface area contributed by atoms with Gasteiger partial charge in [0.2, 0.25) is 0 Å². The zero-order chi connectivity index (χ0) is 30.1. The second-order valence-electron chi connectivity index (χ2n) is 10.1. The highest BCUT2D eigenvalue weighted by Crippen LogP contribution is 2.44. The minimum Gasteiger partial charge on any atom is -0.406 e. The number of halogens is 6. The van der Waals surface area contributed by atoms with E-state index in [0.29, 0.717) is 42.7 Å². The third-order valence-corrected chi connectivity index (χ3v) is 7.02. The van der Waals surface area contributed by atoms with Crippen LogP contribution < -0.4 is 14.5 Å². The molecule has 2 aromatic heterocycles. The van der Waals surface area contributed by atoms with Gasteiger partial charge in [0.15, 0.2) is 0 Å². The first-order valence-electron chi connectivity index (χ1n) is 13.1. The summed E-state index contributed by atoms with van der Waals surface area (Å²) in [7, 11) is 1.57. The molecule has 14 heteroatoms. The summed E-state index contributed by atoms with van der Waals surface area (Å²) in [5.41, 5.74) is 1.72. The fourth-order valence-corrected chi connectivity index (χ4v) is 5.26. The van der Waals surface area contributed by atoms with Gasteiger partial charge in [-0.15, -0.1) is 18.3 Å². The van der Waals surface area contributed by atoms with E-state index in [1.807, 2.05) is 17.0 Å². The van der Waals surface area contributed by atoms with E-state index in [2.05, 4.69) is 25.1 Å². The lowest BCUT2D eigenvalue weighted by Gasteiger charge is -2.33. The summed E-state index contributed by atoms with van der Waals surface area (Å²) < 4.78 is 85.0. The summed E-state index contributed by atoms with van der Waals surface area (Å²) in [6.45, 7) is 2.31. The van der Waals surface area contributed by atoms with Gasteiger partial charge in [0.05, 0.1) is 18.7 Å². The Morgan fingerprint density at radius 1 is 1.00 bits per heavy atom. The highest BCUT2D eigenvalue weighted by Gasteiger charge is 2.37. The molecule has 222 valence electrons. The number of anilines is 2. The first-order chi connectivity index (χ1) is 19.9. The van der Waals surface area contributed by atoms with Crippen molar-refractivity contribution in [1.29, 1.82) is 0 Å². The van der Waals surface area contributed by atoms with Crippen LogP contribution in [-0.2, 0) is 26.3 Å². The van der Waals surface area contributed by atoms with Crippen molar-refractivity contribution in [2.45, 2.75) is 51.4 Å². The second-order valence-corrected chi connectivity index (χ2v) is 10.1. The van der Waals surface area contributed by atoms with Gasteiger partial charge in [0.1, 0.15) is 5.75 Å². The van der Waals surface area contributed by atoms with Gasteiger partial charge in [-0.05, 0) is 77.6 Å². The molecule has 5 rings (SSSR count). The molecular formula is C28H27F6N7O. The number of rotatable bonds is 7. The lowest BCUT2D eigenvalue weighted by atomic mass is 9.94. The number of ether oxygens (including phenoxy) is 1. The Bertz CT molecular complexity index is 1520. The zero-order valence-electron chi connectivity index (χ0n) is 22.7. The SMILES string of the molecule is Cc1cc2c(cc1C(F)(F)F)N(Cc1ccncc1)CCCC2N(Cc1cccc(OC(F)(F)F)c1)c1nnn(C)n1. The molecule has 1 atom stereocenters. The number of hydrogen-bond acceptors (Lipinski definition) is 7. The molecule has 1 aliphatic heterocycles. The molecule has 0 spiro atoms. The average molecular weight is 592 g/mol. The van der Waals surface area contributed by atoms with Crippen LogP contribution in [0, 0.1) is 6.92 Å². The predicted octanol–water partition coefficient (Wildman–Crippen LogP) is 6.38. The summed E-state index contributed by atoms with van der Waals surface area (Å²) >= 11 is 0. The van der Waals surface area contributed by atoms with E-state index < -0.39 is 24.1 Å². The molecule has 42 heavy (non-hydrogen) atoms. The lowest BCUT2D eigenvalue weighted by molar-refractivity contribution is -0.274. The van der Waals surface area contributed by atoms with Gasteiger partial charge >= 0.3 is 12.5 Å². The van der Waals surface area contributed by atoms with Crippen molar-refractivity contribution >= 4 is 11.6 Å². The summed E-state index contributed by atoms with van der Waals surface area (Å²) in [4.78, 5) is 8.96. The van der Waals surface area contributed by atoms with Crippen LogP contribution in [0.3, 0.4) is 0 Å². The minimum absolute atomic E-state index is 0.0509. The number of alkyl halides is 6. The maximum atomic E-state index is 14.1. The molecule has 3 heterocycles. The Kier molecular flexibility index (Phi) is 7.97. The van der Waals surface area contributed by atoms with Crippen molar-refractivity contribution in [1.82, 2.24) is 25.2 Å². The molecule has 0 fully saturated rings. The normalized spacial score (nSPS) is 15.7. The minimum atomic E-state index is -4.86. The molecule has 0 amide bonds. The van der Waals surface area contributed by atoms with Gasteiger partial charge < -0.3 is 14.5 Å². The lowest BCUT2D eigenvalue weighted by Crippen LogP contribution is -2.30. The third kappa shape index (κ3) is 6.74. The van der Waals surface area contributed by atoms with E-state index >= 15 is 0 Å². The number of aromatic nitrogens is 5. The molecule has 0 N–H and O–H groups in total. The number of nitrogens with zero attached hydrogens (tertiary/aromatic N) is 7. The van der Waals surface area contributed by atoms with Crippen molar-refractivity contribution in [3.05, 3.63) is 88.7 Å². The molecular weight excluding hydrogens is 564 g/mol. The largest absolute Gasteiger partial charge is 0.573 e. The van der Waals surface area contributed by atoms with Crippen molar-refractivity contribution in [3.63, 3.8) is 0 Å². The Hall–Kier alpha value is -4.36. The van der Waals surface area contributed by atoms with E-state index in [1.54, 1.807) is 36.5 Å². The maximum absolute atomic E-state index is 14.1. The number of hydrogen-bond donors (Lipinski definition) is 0. The van der Waals surface area contributed by atoms with Gasteiger partial charge in [-0.25, -0.2) is 0 Å². The molecule has 0 bridgehead atoms. The first kappa shape index (κ1) is 29.1. The molecule has 1 aliphatic rings. The first-order valence-corrected chi connectivity index (χ1v) is 13.1. The second kappa shape index (κ2) is 11.5. The van der Waals surface area contributed by atoms with Crippen LogP contribution in [0.1, 0.15) is 46.7 Å². The van der Waals surface area contributed by atoms with Crippen molar-refractivity contribution < 1.29 is 31.1 Å². The molecule has 0 radical (unpaired) electrons.